The maximum atomic E-state index is 11.9. The van der Waals surface area contributed by atoms with Crippen molar-refractivity contribution in [1.29, 1.82) is 0 Å². The average Bonchev–Trinajstić information content (AvgIpc) is 3.03. The zero-order valence-corrected chi connectivity index (χ0v) is 15.6. The number of aromatic nitrogens is 2. The summed E-state index contributed by atoms with van der Waals surface area (Å²) in [5, 5.41) is 3.92. The topological polar surface area (TPSA) is 67.0 Å². The summed E-state index contributed by atoms with van der Waals surface area (Å²) in [4.78, 5) is 19.6. The molecule has 3 rings (SSSR count). The van der Waals surface area contributed by atoms with Gasteiger partial charge >= 0.3 is 0 Å². The van der Waals surface area contributed by atoms with Gasteiger partial charge in [-0.1, -0.05) is 35.3 Å². The highest BCUT2D eigenvalue weighted by Gasteiger charge is 2.06. The van der Waals surface area contributed by atoms with Crippen molar-refractivity contribution >= 4 is 40.1 Å². The lowest BCUT2D eigenvalue weighted by Gasteiger charge is -2.08. The van der Waals surface area contributed by atoms with E-state index in [9.17, 15) is 4.79 Å². The standard InChI is InChI=1S/C19H19Cl2N3O2/c20-13-7-8-17(14(21)12-13)26-11-3-6-19(25)22-10-9-18-23-15-4-1-2-5-16(15)24-18/h1-2,4-5,7-8,12H,3,6,9-11H2,(H,22,25)(H,23,24). The van der Waals surface area contributed by atoms with Gasteiger partial charge in [0.15, 0.2) is 0 Å². The zero-order chi connectivity index (χ0) is 18.4. The summed E-state index contributed by atoms with van der Waals surface area (Å²) in [7, 11) is 0. The largest absolute Gasteiger partial charge is 0.492 e. The van der Waals surface area contributed by atoms with Crippen LogP contribution in [0.1, 0.15) is 18.7 Å². The lowest BCUT2D eigenvalue weighted by atomic mass is 10.3. The lowest BCUT2D eigenvalue weighted by molar-refractivity contribution is -0.121. The Kier molecular flexibility index (Phi) is 6.36. The molecule has 0 fully saturated rings. The molecule has 1 heterocycles. The van der Waals surface area contributed by atoms with Crippen LogP contribution in [0.3, 0.4) is 0 Å². The highest BCUT2D eigenvalue weighted by molar-refractivity contribution is 6.35. The summed E-state index contributed by atoms with van der Waals surface area (Å²) >= 11 is 11.9. The molecule has 0 spiro atoms. The van der Waals surface area contributed by atoms with Crippen LogP contribution in [0.15, 0.2) is 42.5 Å². The van der Waals surface area contributed by atoms with Gasteiger partial charge in [0.05, 0.1) is 22.7 Å². The van der Waals surface area contributed by atoms with Crippen molar-refractivity contribution in [2.45, 2.75) is 19.3 Å². The van der Waals surface area contributed by atoms with Crippen LogP contribution in [0.4, 0.5) is 0 Å². The first kappa shape index (κ1) is 18.5. The second-order valence-corrected chi connectivity index (χ2v) is 6.67. The number of amides is 1. The number of carbonyl (C=O) groups is 1. The van der Waals surface area contributed by atoms with Crippen molar-refractivity contribution in [3.05, 3.63) is 58.3 Å². The van der Waals surface area contributed by atoms with E-state index in [-0.39, 0.29) is 5.91 Å². The Bertz CT molecular complexity index is 862. The fourth-order valence-electron chi connectivity index (χ4n) is 2.54. The lowest BCUT2D eigenvalue weighted by Crippen LogP contribution is -2.26. The molecule has 1 aromatic heterocycles. The van der Waals surface area contributed by atoms with Crippen molar-refractivity contribution in [3.63, 3.8) is 0 Å². The number of nitrogens with zero attached hydrogens (tertiary/aromatic N) is 1. The van der Waals surface area contributed by atoms with Crippen molar-refractivity contribution in [2.24, 2.45) is 0 Å². The molecule has 0 saturated carbocycles. The van der Waals surface area contributed by atoms with E-state index in [0.717, 1.165) is 16.9 Å². The quantitative estimate of drug-likeness (QED) is 0.559. The summed E-state index contributed by atoms with van der Waals surface area (Å²) in [5.41, 5.74) is 1.94. The first-order chi connectivity index (χ1) is 12.6. The Morgan fingerprint density at radius 2 is 2.04 bits per heavy atom. The van der Waals surface area contributed by atoms with Gasteiger partial charge < -0.3 is 15.0 Å². The number of carbonyl (C=O) groups excluding carboxylic acids is 1. The number of halogens is 2. The van der Waals surface area contributed by atoms with E-state index >= 15 is 0 Å². The molecule has 0 atom stereocenters. The molecular formula is C19H19Cl2N3O2. The smallest absolute Gasteiger partial charge is 0.220 e. The fraction of sp³-hybridized carbons (Fsp3) is 0.263. The average molecular weight is 392 g/mol. The van der Waals surface area contributed by atoms with Crippen LogP contribution in [-0.2, 0) is 11.2 Å². The Labute approximate surface area is 161 Å². The van der Waals surface area contributed by atoms with Gasteiger partial charge in [0.2, 0.25) is 5.91 Å². The maximum Gasteiger partial charge on any atom is 0.220 e. The number of H-pyrrole nitrogens is 1. The van der Waals surface area contributed by atoms with Gasteiger partial charge in [0.1, 0.15) is 11.6 Å². The van der Waals surface area contributed by atoms with E-state index in [4.69, 9.17) is 27.9 Å². The number of aromatic amines is 1. The zero-order valence-electron chi connectivity index (χ0n) is 14.1. The number of ether oxygens (including phenoxy) is 1. The highest BCUT2D eigenvalue weighted by atomic mass is 35.5. The van der Waals surface area contributed by atoms with Crippen molar-refractivity contribution in [2.75, 3.05) is 13.2 Å². The van der Waals surface area contributed by atoms with Crippen LogP contribution in [0.2, 0.25) is 10.0 Å². The van der Waals surface area contributed by atoms with E-state index in [2.05, 4.69) is 15.3 Å². The molecule has 5 nitrogen and oxygen atoms in total. The molecule has 0 saturated heterocycles. The van der Waals surface area contributed by atoms with Gasteiger partial charge in [0, 0.05) is 24.4 Å². The van der Waals surface area contributed by atoms with Gasteiger partial charge in [-0.3, -0.25) is 4.79 Å². The third kappa shape index (κ3) is 5.13. The van der Waals surface area contributed by atoms with Crippen molar-refractivity contribution in [3.8, 4) is 5.75 Å². The van der Waals surface area contributed by atoms with Crippen LogP contribution in [0.25, 0.3) is 11.0 Å². The second kappa shape index (κ2) is 8.92. The molecular weight excluding hydrogens is 373 g/mol. The molecule has 0 radical (unpaired) electrons. The predicted octanol–water partition coefficient (Wildman–Crippen LogP) is 4.39. The number of fused-ring (bicyclic) bond motifs is 1. The SMILES string of the molecule is O=C(CCCOc1ccc(Cl)cc1Cl)NCCc1nc2ccccc2[nH]1. The van der Waals surface area contributed by atoms with E-state index in [1.54, 1.807) is 18.2 Å². The molecule has 0 aliphatic carbocycles. The number of nitrogens with one attached hydrogen (secondary N) is 2. The van der Waals surface area contributed by atoms with E-state index in [1.165, 1.54) is 0 Å². The minimum Gasteiger partial charge on any atom is -0.492 e. The molecule has 136 valence electrons. The van der Waals surface area contributed by atoms with Crippen LogP contribution < -0.4 is 10.1 Å². The molecule has 0 aliphatic heterocycles. The Balaban J connectivity index is 1.34. The Morgan fingerprint density at radius 3 is 2.85 bits per heavy atom. The summed E-state index contributed by atoms with van der Waals surface area (Å²) in [6.07, 6.45) is 1.66. The number of benzene rings is 2. The summed E-state index contributed by atoms with van der Waals surface area (Å²) in [5.74, 6) is 1.43. The van der Waals surface area contributed by atoms with Gasteiger partial charge in [-0.2, -0.15) is 0 Å². The number of para-hydroxylation sites is 2. The summed E-state index contributed by atoms with van der Waals surface area (Å²) < 4.78 is 5.56. The molecule has 3 aromatic rings. The number of hydrogen-bond acceptors (Lipinski definition) is 3. The van der Waals surface area contributed by atoms with Crippen LogP contribution in [-0.4, -0.2) is 29.0 Å². The molecule has 0 aliphatic rings. The first-order valence-corrected chi connectivity index (χ1v) is 9.15. The summed E-state index contributed by atoms with van der Waals surface area (Å²) in [6, 6.07) is 12.9. The van der Waals surface area contributed by atoms with Gasteiger partial charge in [0.25, 0.3) is 0 Å². The Hall–Kier alpha value is -2.24. The minimum absolute atomic E-state index is 0.00749. The summed E-state index contributed by atoms with van der Waals surface area (Å²) in [6.45, 7) is 0.959. The molecule has 0 unspecified atom stereocenters. The second-order valence-electron chi connectivity index (χ2n) is 5.83. The monoisotopic (exact) mass is 391 g/mol. The van der Waals surface area contributed by atoms with E-state index in [1.807, 2.05) is 24.3 Å². The minimum atomic E-state index is -0.00749. The predicted molar refractivity (Wildman–Crippen MR) is 104 cm³/mol. The van der Waals surface area contributed by atoms with Gasteiger partial charge in [-0.15, -0.1) is 0 Å². The molecule has 7 heteroatoms. The van der Waals surface area contributed by atoms with Gasteiger partial charge in [-0.05, 0) is 36.8 Å². The number of imidazole rings is 1. The first-order valence-electron chi connectivity index (χ1n) is 8.40. The van der Waals surface area contributed by atoms with Crippen LogP contribution >= 0.6 is 23.2 Å². The molecule has 26 heavy (non-hydrogen) atoms. The van der Waals surface area contributed by atoms with Crippen LogP contribution in [0.5, 0.6) is 5.75 Å². The molecule has 2 N–H and O–H groups in total. The van der Waals surface area contributed by atoms with E-state index < -0.39 is 0 Å². The fourth-order valence-corrected chi connectivity index (χ4v) is 3.00. The highest BCUT2D eigenvalue weighted by Crippen LogP contribution is 2.27. The molecule has 2 aromatic carbocycles. The van der Waals surface area contributed by atoms with Gasteiger partial charge in [-0.25, -0.2) is 4.98 Å². The third-order valence-corrected chi connectivity index (χ3v) is 4.35. The maximum absolute atomic E-state index is 11.9. The van der Waals surface area contributed by atoms with Crippen molar-refractivity contribution < 1.29 is 9.53 Å². The third-order valence-electron chi connectivity index (χ3n) is 3.82. The van der Waals surface area contributed by atoms with E-state index in [0.29, 0.717) is 48.2 Å². The number of rotatable bonds is 8. The number of hydrogen-bond donors (Lipinski definition) is 2. The molecule has 1 amide bonds. The van der Waals surface area contributed by atoms with Crippen molar-refractivity contribution in [1.82, 2.24) is 15.3 Å². The normalized spacial score (nSPS) is 10.8. The Morgan fingerprint density at radius 1 is 1.19 bits per heavy atom. The molecule has 0 bridgehead atoms. The van der Waals surface area contributed by atoms with Crippen LogP contribution in [0, 0.1) is 0 Å².